The third-order valence-electron chi connectivity index (χ3n) is 6.91. The van der Waals surface area contributed by atoms with Crippen LogP contribution in [0.2, 0.25) is 0 Å². The second-order valence-corrected chi connectivity index (χ2v) is 8.83. The maximum atomic E-state index is 13.3. The molecular formula is C25H26N2O6. The number of rotatable bonds is 5. The molecule has 0 saturated carbocycles. The maximum Gasteiger partial charge on any atom is 0.408 e. The van der Waals surface area contributed by atoms with Crippen molar-refractivity contribution in [3.05, 3.63) is 59.7 Å². The highest BCUT2D eigenvalue weighted by molar-refractivity contribution is 5.93. The normalized spacial score (nSPS) is 23.8. The zero-order valence-electron chi connectivity index (χ0n) is 18.2. The molecule has 1 unspecified atom stereocenters. The van der Waals surface area contributed by atoms with E-state index < -0.39 is 29.6 Å². The number of alkyl carbamates (subject to hydrolysis) is 1. The fraction of sp³-hybridized carbons (Fsp3) is 0.400. The summed E-state index contributed by atoms with van der Waals surface area (Å²) in [5, 5.41) is 12.2. The number of hydrogen-bond acceptors (Lipinski definition) is 5. The Morgan fingerprint density at radius 3 is 2.36 bits per heavy atom. The molecule has 2 amide bonds. The van der Waals surface area contributed by atoms with Gasteiger partial charge in [-0.2, -0.15) is 0 Å². The van der Waals surface area contributed by atoms with Crippen LogP contribution in [0.5, 0.6) is 0 Å². The molecule has 0 radical (unpaired) electrons. The van der Waals surface area contributed by atoms with Gasteiger partial charge in [-0.25, -0.2) is 9.59 Å². The summed E-state index contributed by atoms with van der Waals surface area (Å²) in [6, 6.07) is 15.2. The molecule has 2 fully saturated rings. The van der Waals surface area contributed by atoms with Gasteiger partial charge >= 0.3 is 12.1 Å². The van der Waals surface area contributed by atoms with Gasteiger partial charge in [-0.15, -0.1) is 0 Å². The van der Waals surface area contributed by atoms with Gasteiger partial charge in [0.25, 0.3) is 5.91 Å². The molecule has 0 spiro atoms. The highest BCUT2D eigenvalue weighted by atomic mass is 16.6. The first-order chi connectivity index (χ1) is 16.0. The van der Waals surface area contributed by atoms with Gasteiger partial charge in [0.05, 0.1) is 6.61 Å². The Balaban J connectivity index is 1.30. The summed E-state index contributed by atoms with van der Waals surface area (Å²) in [5.74, 6) is -1.54. The summed E-state index contributed by atoms with van der Waals surface area (Å²) in [4.78, 5) is 39.1. The third kappa shape index (κ3) is 3.74. The van der Waals surface area contributed by atoms with E-state index in [2.05, 4.69) is 17.4 Å². The number of carbonyl (C=O) groups is 3. The van der Waals surface area contributed by atoms with E-state index in [4.69, 9.17) is 9.47 Å². The molecule has 2 heterocycles. The van der Waals surface area contributed by atoms with E-state index in [9.17, 15) is 19.5 Å². The van der Waals surface area contributed by atoms with E-state index in [0.29, 0.717) is 26.0 Å². The number of ether oxygens (including phenoxy) is 2. The first kappa shape index (κ1) is 21.5. The molecule has 2 aliphatic heterocycles. The van der Waals surface area contributed by atoms with E-state index >= 15 is 0 Å². The molecule has 0 aromatic heterocycles. The minimum absolute atomic E-state index is 0.00112. The molecule has 8 nitrogen and oxygen atoms in total. The van der Waals surface area contributed by atoms with Crippen molar-refractivity contribution in [1.29, 1.82) is 0 Å². The lowest BCUT2D eigenvalue weighted by atomic mass is 9.96. The average molecular weight is 450 g/mol. The van der Waals surface area contributed by atoms with E-state index in [0.717, 1.165) is 22.3 Å². The van der Waals surface area contributed by atoms with Crippen molar-refractivity contribution in [2.24, 2.45) is 0 Å². The lowest BCUT2D eigenvalue weighted by Gasteiger charge is -2.33. The largest absolute Gasteiger partial charge is 0.480 e. The predicted molar refractivity (Wildman–Crippen MR) is 119 cm³/mol. The summed E-state index contributed by atoms with van der Waals surface area (Å²) < 4.78 is 11.1. The van der Waals surface area contributed by atoms with Crippen molar-refractivity contribution >= 4 is 18.0 Å². The fourth-order valence-corrected chi connectivity index (χ4v) is 5.26. The van der Waals surface area contributed by atoms with Crippen LogP contribution in [0.3, 0.4) is 0 Å². The van der Waals surface area contributed by atoms with Crippen LogP contribution in [0.25, 0.3) is 11.1 Å². The van der Waals surface area contributed by atoms with Gasteiger partial charge in [-0.05, 0) is 35.1 Å². The lowest BCUT2D eigenvalue weighted by Crippen LogP contribution is -2.62. The molecule has 2 aromatic carbocycles. The predicted octanol–water partition coefficient (Wildman–Crippen LogP) is 2.76. The summed E-state index contributed by atoms with van der Waals surface area (Å²) in [7, 11) is 0. The molecule has 2 atom stereocenters. The number of carboxylic acid groups (broad SMARTS) is 1. The number of amides is 2. The van der Waals surface area contributed by atoms with Gasteiger partial charge in [-0.3, -0.25) is 4.79 Å². The zero-order valence-corrected chi connectivity index (χ0v) is 18.2. The van der Waals surface area contributed by atoms with E-state index in [1.165, 1.54) is 4.90 Å². The van der Waals surface area contributed by atoms with Crippen molar-refractivity contribution in [3.8, 4) is 11.1 Å². The molecular weight excluding hydrogens is 424 g/mol. The number of benzene rings is 2. The molecule has 2 N–H and O–H groups in total. The maximum absolute atomic E-state index is 13.3. The van der Waals surface area contributed by atoms with Crippen LogP contribution in [0.15, 0.2) is 48.5 Å². The van der Waals surface area contributed by atoms with Crippen molar-refractivity contribution in [1.82, 2.24) is 10.2 Å². The number of carboxylic acids is 1. The molecule has 8 heteroatoms. The number of carbonyl (C=O) groups excluding carboxylic acids is 2. The van der Waals surface area contributed by atoms with E-state index in [1.54, 1.807) is 0 Å². The van der Waals surface area contributed by atoms with E-state index in [1.807, 2.05) is 36.4 Å². The van der Waals surface area contributed by atoms with Crippen LogP contribution in [-0.4, -0.2) is 65.9 Å². The molecule has 5 rings (SSSR count). The van der Waals surface area contributed by atoms with Crippen molar-refractivity contribution in [3.63, 3.8) is 0 Å². The first-order valence-electron chi connectivity index (χ1n) is 11.2. The minimum atomic E-state index is -1.30. The topological polar surface area (TPSA) is 105 Å². The Kier molecular flexibility index (Phi) is 5.54. The number of hydrogen-bond donors (Lipinski definition) is 2. The van der Waals surface area contributed by atoms with Gasteiger partial charge in [0.15, 0.2) is 0 Å². The second-order valence-electron chi connectivity index (χ2n) is 8.83. The second kappa shape index (κ2) is 8.51. The number of nitrogens with zero attached hydrogens (tertiary/aromatic N) is 1. The first-order valence-corrected chi connectivity index (χ1v) is 11.2. The van der Waals surface area contributed by atoms with Crippen LogP contribution in [0, 0.1) is 0 Å². The van der Waals surface area contributed by atoms with Crippen molar-refractivity contribution in [2.75, 3.05) is 26.4 Å². The Morgan fingerprint density at radius 2 is 1.76 bits per heavy atom. The van der Waals surface area contributed by atoms with Gasteiger partial charge < -0.3 is 24.8 Å². The van der Waals surface area contributed by atoms with Crippen LogP contribution in [0.4, 0.5) is 4.79 Å². The molecule has 2 aromatic rings. The van der Waals surface area contributed by atoms with Crippen LogP contribution in [-0.2, 0) is 19.1 Å². The summed E-state index contributed by atoms with van der Waals surface area (Å²) >= 11 is 0. The molecule has 3 aliphatic rings. The monoisotopic (exact) mass is 450 g/mol. The number of nitrogens with one attached hydrogen (secondary N) is 1. The van der Waals surface area contributed by atoms with Gasteiger partial charge in [0, 0.05) is 25.5 Å². The quantitative estimate of drug-likeness (QED) is 0.726. The van der Waals surface area contributed by atoms with Crippen molar-refractivity contribution < 1.29 is 29.0 Å². The van der Waals surface area contributed by atoms with Gasteiger partial charge in [0.1, 0.15) is 18.2 Å². The average Bonchev–Trinajstić information content (AvgIpc) is 3.55. The Hall–Kier alpha value is -3.39. The Labute approximate surface area is 191 Å². The minimum Gasteiger partial charge on any atom is -0.480 e. The summed E-state index contributed by atoms with van der Waals surface area (Å²) in [6.45, 7) is 0.788. The number of likely N-dealkylation sites (tertiary alicyclic amines) is 1. The molecule has 33 heavy (non-hydrogen) atoms. The molecule has 172 valence electrons. The van der Waals surface area contributed by atoms with Crippen LogP contribution >= 0.6 is 0 Å². The van der Waals surface area contributed by atoms with Crippen LogP contribution < -0.4 is 5.32 Å². The van der Waals surface area contributed by atoms with Gasteiger partial charge in [-0.1, -0.05) is 48.5 Å². The number of aliphatic carboxylic acids is 1. The Bertz CT molecular complexity index is 1050. The highest BCUT2D eigenvalue weighted by Gasteiger charge is 2.50. The standard InChI is InChI=1S/C25H26N2O6/c28-22(29)21-10-5-12-27(21)23(30)25(11-13-32-15-25)26-24(31)33-14-20-18-8-3-1-6-16(18)17-7-2-4-9-19(17)20/h1-4,6-9,20-21H,5,10-15H2,(H,26,31)(H,28,29)/t21-,25?/m1/s1. The highest BCUT2D eigenvalue weighted by Crippen LogP contribution is 2.44. The lowest BCUT2D eigenvalue weighted by molar-refractivity contribution is -0.151. The zero-order chi connectivity index (χ0) is 23.0. The van der Waals surface area contributed by atoms with Crippen molar-refractivity contribution in [2.45, 2.75) is 36.8 Å². The molecule has 2 saturated heterocycles. The van der Waals surface area contributed by atoms with E-state index in [-0.39, 0.29) is 25.6 Å². The molecule has 0 bridgehead atoms. The number of fused-ring (bicyclic) bond motifs is 3. The SMILES string of the molecule is O=C(NC1(C(=O)N2CCC[C@@H]2C(=O)O)CCOC1)OCC1c2ccccc2-c2ccccc21. The smallest absolute Gasteiger partial charge is 0.408 e. The van der Waals surface area contributed by atoms with Crippen LogP contribution in [0.1, 0.15) is 36.3 Å². The third-order valence-corrected chi connectivity index (χ3v) is 6.91. The molecule has 1 aliphatic carbocycles. The van der Waals surface area contributed by atoms with Gasteiger partial charge in [0.2, 0.25) is 0 Å². The fourth-order valence-electron chi connectivity index (χ4n) is 5.26. The summed E-state index contributed by atoms with van der Waals surface area (Å²) in [5.41, 5.74) is 3.16. The summed E-state index contributed by atoms with van der Waals surface area (Å²) in [6.07, 6.45) is 0.591. The Morgan fingerprint density at radius 1 is 1.09 bits per heavy atom.